The van der Waals surface area contributed by atoms with Crippen LogP contribution in [0.3, 0.4) is 0 Å². The zero-order valence-electron chi connectivity index (χ0n) is 14.5. The Morgan fingerprint density at radius 3 is 2.80 bits per heavy atom. The maximum atomic E-state index is 6.53. The van der Waals surface area contributed by atoms with Gasteiger partial charge in [0.1, 0.15) is 11.4 Å². The van der Waals surface area contributed by atoms with E-state index in [4.69, 9.17) is 14.2 Å². The highest BCUT2D eigenvalue weighted by molar-refractivity contribution is 5.78. The highest BCUT2D eigenvalue weighted by atomic mass is 16.5. The van der Waals surface area contributed by atoms with Crippen molar-refractivity contribution in [3.63, 3.8) is 0 Å². The number of ether oxygens (including phenoxy) is 3. The predicted molar refractivity (Wildman–Crippen MR) is 93.8 cm³/mol. The molecule has 2 aromatic rings. The van der Waals surface area contributed by atoms with Crippen LogP contribution in [-0.2, 0) is 16.1 Å². The number of aromatic nitrogens is 2. The van der Waals surface area contributed by atoms with Crippen molar-refractivity contribution >= 4 is 5.57 Å². The monoisotopic (exact) mass is 338 g/mol. The molecule has 0 unspecified atom stereocenters. The van der Waals surface area contributed by atoms with Gasteiger partial charge in [-0.2, -0.15) is 5.10 Å². The maximum absolute atomic E-state index is 6.53. The molecule has 5 rings (SSSR count). The minimum atomic E-state index is -0.103. The molecule has 5 heteroatoms. The van der Waals surface area contributed by atoms with Gasteiger partial charge >= 0.3 is 0 Å². The molecule has 0 bridgehead atoms. The Labute approximate surface area is 147 Å². The van der Waals surface area contributed by atoms with Crippen LogP contribution in [0.4, 0.5) is 0 Å². The molecule has 1 aromatic heterocycles. The molecule has 130 valence electrons. The molecule has 25 heavy (non-hydrogen) atoms. The summed E-state index contributed by atoms with van der Waals surface area (Å²) in [6.07, 6.45) is 7.23. The Morgan fingerprint density at radius 2 is 2.16 bits per heavy atom. The van der Waals surface area contributed by atoms with Crippen LogP contribution < -0.4 is 4.74 Å². The lowest BCUT2D eigenvalue weighted by Gasteiger charge is -2.62. The molecule has 0 atom stereocenters. The minimum Gasteiger partial charge on any atom is -0.486 e. The number of hydrogen-bond acceptors (Lipinski definition) is 4. The molecule has 3 heterocycles. The zero-order chi connectivity index (χ0) is 17.1. The third-order valence-corrected chi connectivity index (χ3v) is 6.11. The first kappa shape index (κ1) is 15.2. The predicted octanol–water partition coefficient (Wildman–Crippen LogP) is 3.36. The van der Waals surface area contributed by atoms with E-state index >= 15 is 0 Å². The van der Waals surface area contributed by atoms with Gasteiger partial charge in [0.15, 0.2) is 0 Å². The summed E-state index contributed by atoms with van der Waals surface area (Å²) in [6.45, 7) is 6.46. The second kappa shape index (κ2) is 5.19. The van der Waals surface area contributed by atoms with E-state index in [1.807, 2.05) is 17.1 Å². The standard InChI is InChI=1S/C20H22N2O3/c1-14-17-8-16(22-10-15(9-21-22)11-23-2)4-5-18(17)25-20(6-3-7-20)19(14)12-24-13-19/h4-5,8-10H,1,3,6-7,11-13H2,2H3. The number of nitrogens with zero attached hydrogens (tertiary/aromatic N) is 2. The van der Waals surface area contributed by atoms with Crippen molar-refractivity contribution in [1.29, 1.82) is 0 Å². The van der Waals surface area contributed by atoms with Gasteiger partial charge in [-0.1, -0.05) is 6.58 Å². The van der Waals surface area contributed by atoms with Crippen molar-refractivity contribution in [2.75, 3.05) is 20.3 Å². The number of benzene rings is 1. The highest BCUT2D eigenvalue weighted by Crippen LogP contribution is 2.62. The van der Waals surface area contributed by atoms with Crippen LogP contribution in [0.15, 0.2) is 37.2 Å². The lowest BCUT2D eigenvalue weighted by atomic mass is 9.55. The van der Waals surface area contributed by atoms with Crippen LogP contribution in [0.2, 0.25) is 0 Å². The van der Waals surface area contributed by atoms with E-state index in [1.165, 1.54) is 6.42 Å². The van der Waals surface area contributed by atoms with Crippen molar-refractivity contribution in [3.05, 3.63) is 48.3 Å². The summed E-state index contributed by atoms with van der Waals surface area (Å²) in [6, 6.07) is 6.24. The molecule has 0 radical (unpaired) electrons. The summed E-state index contributed by atoms with van der Waals surface area (Å²) < 4.78 is 19.2. The number of hydrogen-bond donors (Lipinski definition) is 0. The molecule has 2 fully saturated rings. The van der Waals surface area contributed by atoms with E-state index in [2.05, 4.69) is 29.9 Å². The SMILES string of the molecule is C=C1c2cc(-n3cc(COC)cn3)ccc2OC2(CCC2)C12COC2. The zero-order valence-corrected chi connectivity index (χ0v) is 14.5. The van der Waals surface area contributed by atoms with E-state index in [0.717, 1.165) is 54.2 Å². The van der Waals surface area contributed by atoms with Crippen molar-refractivity contribution in [2.45, 2.75) is 31.5 Å². The number of fused-ring (bicyclic) bond motifs is 2. The van der Waals surface area contributed by atoms with Gasteiger partial charge in [-0.3, -0.25) is 0 Å². The summed E-state index contributed by atoms with van der Waals surface area (Å²) in [5.41, 5.74) is 4.14. The van der Waals surface area contributed by atoms with Crippen molar-refractivity contribution in [2.24, 2.45) is 5.41 Å². The lowest BCUT2D eigenvalue weighted by molar-refractivity contribution is -0.209. The Balaban J connectivity index is 1.55. The van der Waals surface area contributed by atoms with Crippen LogP contribution in [0.25, 0.3) is 11.3 Å². The van der Waals surface area contributed by atoms with Crippen LogP contribution in [0.5, 0.6) is 5.75 Å². The molecular formula is C20H22N2O3. The van der Waals surface area contributed by atoms with Gasteiger partial charge in [-0.25, -0.2) is 4.68 Å². The first-order valence-corrected chi connectivity index (χ1v) is 8.81. The summed E-state index contributed by atoms with van der Waals surface area (Å²) >= 11 is 0. The molecule has 0 N–H and O–H groups in total. The number of methoxy groups -OCH3 is 1. The smallest absolute Gasteiger partial charge is 0.127 e. The normalized spacial score (nSPS) is 22.2. The lowest BCUT2D eigenvalue weighted by Crippen LogP contribution is -2.67. The Kier molecular flexibility index (Phi) is 3.15. The fourth-order valence-corrected chi connectivity index (χ4v) is 4.39. The first-order valence-electron chi connectivity index (χ1n) is 8.81. The van der Waals surface area contributed by atoms with E-state index in [9.17, 15) is 0 Å². The van der Waals surface area contributed by atoms with Crippen molar-refractivity contribution in [1.82, 2.24) is 9.78 Å². The second-order valence-electron chi connectivity index (χ2n) is 7.41. The summed E-state index contributed by atoms with van der Waals surface area (Å²) in [4.78, 5) is 0. The van der Waals surface area contributed by atoms with Crippen molar-refractivity contribution in [3.8, 4) is 11.4 Å². The Morgan fingerprint density at radius 1 is 1.32 bits per heavy atom. The van der Waals surface area contributed by atoms with Crippen molar-refractivity contribution < 1.29 is 14.2 Å². The van der Waals surface area contributed by atoms with Crippen LogP contribution >= 0.6 is 0 Å². The molecule has 3 aliphatic rings. The first-order chi connectivity index (χ1) is 12.2. The van der Waals surface area contributed by atoms with E-state index < -0.39 is 0 Å². The quantitative estimate of drug-likeness (QED) is 0.861. The molecule has 1 saturated heterocycles. The average Bonchev–Trinajstić information content (AvgIpc) is 3.00. The Bertz CT molecular complexity index is 846. The minimum absolute atomic E-state index is 0.0534. The van der Waals surface area contributed by atoms with Crippen LogP contribution in [-0.4, -0.2) is 35.7 Å². The summed E-state index contributed by atoms with van der Waals surface area (Å²) in [5.74, 6) is 0.940. The molecule has 2 aliphatic heterocycles. The van der Waals surface area contributed by atoms with E-state index in [0.29, 0.717) is 6.61 Å². The molecular weight excluding hydrogens is 316 g/mol. The van der Waals surface area contributed by atoms with Crippen LogP contribution in [0.1, 0.15) is 30.4 Å². The number of rotatable bonds is 3. The van der Waals surface area contributed by atoms with Gasteiger partial charge in [0.25, 0.3) is 0 Å². The largest absolute Gasteiger partial charge is 0.486 e. The molecule has 1 saturated carbocycles. The highest BCUT2D eigenvalue weighted by Gasteiger charge is 2.64. The van der Waals surface area contributed by atoms with Gasteiger partial charge in [0.05, 0.1) is 37.1 Å². The van der Waals surface area contributed by atoms with Gasteiger partial charge in [0, 0.05) is 24.4 Å². The van der Waals surface area contributed by atoms with Gasteiger partial charge in [0.2, 0.25) is 0 Å². The average molecular weight is 338 g/mol. The fraction of sp³-hybridized carbons (Fsp3) is 0.450. The van der Waals surface area contributed by atoms with Gasteiger partial charge < -0.3 is 14.2 Å². The van der Waals surface area contributed by atoms with E-state index in [-0.39, 0.29) is 11.0 Å². The van der Waals surface area contributed by atoms with E-state index in [1.54, 1.807) is 7.11 Å². The summed E-state index contributed by atoms with van der Waals surface area (Å²) in [7, 11) is 1.69. The molecule has 2 spiro atoms. The van der Waals surface area contributed by atoms with Gasteiger partial charge in [-0.15, -0.1) is 0 Å². The van der Waals surface area contributed by atoms with Crippen LogP contribution in [0, 0.1) is 5.41 Å². The fourth-order valence-electron chi connectivity index (χ4n) is 4.39. The molecule has 5 nitrogen and oxygen atoms in total. The van der Waals surface area contributed by atoms with Gasteiger partial charge in [-0.05, 0) is 43.0 Å². The maximum Gasteiger partial charge on any atom is 0.127 e. The third kappa shape index (κ3) is 1.94. The second-order valence-corrected chi connectivity index (χ2v) is 7.41. The third-order valence-electron chi connectivity index (χ3n) is 6.11. The summed E-state index contributed by atoms with van der Waals surface area (Å²) in [5, 5.41) is 4.45. The topological polar surface area (TPSA) is 45.5 Å². The Hall–Kier alpha value is -2.11. The molecule has 1 aromatic carbocycles. The molecule has 0 amide bonds. The molecule has 1 aliphatic carbocycles.